The highest BCUT2D eigenvalue weighted by atomic mass is 16.6. The summed E-state index contributed by atoms with van der Waals surface area (Å²) in [5, 5.41) is 57.3. The number of aliphatic hydroxyl groups excluding tert-OH is 5. The van der Waals surface area contributed by atoms with E-state index in [0.717, 1.165) is 12.1 Å². The van der Waals surface area contributed by atoms with Crippen LogP contribution < -0.4 is 0 Å². The maximum atomic E-state index is 12.0. The first-order valence-corrected chi connectivity index (χ1v) is 5.92. The minimum Gasteiger partial charge on any atom is -0.394 e. The van der Waals surface area contributed by atoms with Crippen LogP contribution in [0.2, 0.25) is 0 Å². The molecule has 0 heterocycles. The fourth-order valence-electron chi connectivity index (χ4n) is 1.68. The molecule has 116 valence electrons. The van der Waals surface area contributed by atoms with E-state index in [1.807, 2.05) is 0 Å². The normalized spacial score (nSPS) is 16.8. The number of para-hydroxylation sites is 1. The number of hydrogen-bond donors (Lipinski definition) is 5. The van der Waals surface area contributed by atoms with Crippen LogP contribution in [0, 0.1) is 10.1 Å². The Hall–Kier alpha value is -1.91. The van der Waals surface area contributed by atoms with Gasteiger partial charge in [-0.15, -0.1) is 0 Å². The standard InChI is InChI=1S/C12H15NO8/c14-5-8(15)10(17)12(19)11(18)9(16)6-3-1-2-4-7(6)13(20)21/h1-4,8,10-12,14-15,17-19H,5H2/t8-,10+,11+,12+/m1/s1. The van der Waals surface area contributed by atoms with Crippen molar-refractivity contribution in [2.75, 3.05) is 6.61 Å². The highest BCUT2D eigenvalue weighted by Gasteiger charge is 2.36. The zero-order valence-electron chi connectivity index (χ0n) is 10.7. The second-order valence-corrected chi connectivity index (χ2v) is 4.31. The minimum atomic E-state index is -2.19. The molecule has 21 heavy (non-hydrogen) atoms. The van der Waals surface area contributed by atoms with Crippen LogP contribution in [0.5, 0.6) is 0 Å². The van der Waals surface area contributed by atoms with Gasteiger partial charge in [0.25, 0.3) is 5.69 Å². The number of carbonyl (C=O) groups excluding carboxylic acids is 1. The van der Waals surface area contributed by atoms with E-state index < -0.39 is 53.0 Å². The molecule has 1 rings (SSSR count). The van der Waals surface area contributed by atoms with E-state index in [2.05, 4.69) is 0 Å². The fraction of sp³-hybridized carbons (Fsp3) is 0.417. The fourth-order valence-corrected chi connectivity index (χ4v) is 1.68. The molecule has 1 aromatic rings. The molecule has 1 aromatic carbocycles. The van der Waals surface area contributed by atoms with Crippen molar-refractivity contribution in [2.24, 2.45) is 0 Å². The molecule has 0 aromatic heterocycles. The third-order valence-corrected chi connectivity index (χ3v) is 2.89. The van der Waals surface area contributed by atoms with Crippen LogP contribution in [-0.2, 0) is 0 Å². The Morgan fingerprint density at radius 2 is 1.71 bits per heavy atom. The van der Waals surface area contributed by atoms with Crippen LogP contribution in [0.3, 0.4) is 0 Å². The number of nitro benzene ring substituents is 1. The molecule has 0 fully saturated rings. The number of hydrogen-bond acceptors (Lipinski definition) is 8. The first kappa shape index (κ1) is 17.1. The van der Waals surface area contributed by atoms with Gasteiger partial charge >= 0.3 is 0 Å². The summed E-state index contributed by atoms with van der Waals surface area (Å²) in [6, 6.07) is 4.79. The molecule has 0 bridgehead atoms. The van der Waals surface area contributed by atoms with Gasteiger partial charge in [0, 0.05) is 6.07 Å². The molecule has 4 atom stereocenters. The second-order valence-electron chi connectivity index (χ2n) is 4.31. The molecular weight excluding hydrogens is 286 g/mol. The van der Waals surface area contributed by atoms with E-state index in [9.17, 15) is 30.2 Å². The molecule has 0 saturated carbocycles. The molecule has 0 amide bonds. The molecule has 0 unspecified atom stereocenters. The van der Waals surface area contributed by atoms with Gasteiger partial charge in [0.2, 0.25) is 5.78 Å². The Bertz CT molecular complexity index is 520. The number of aliphatic hydroxyl groups is 5. The van der Waals surface area contributed by atoms with Crippen LogP contribution >= 0.6 is 0 Å². The van der Waals surface area contributed by atoms with Gasteiger partial charge in [-0.25, -0.2) is 0 Å². The lowest BCUT2D eigenvalue weighted by Crippen LogP contribution is -2.48. The van der Waals surface area contributed by atoms with Gasteiger partial charge in [-0.1, -0.05) is 12.1 Å². The maximum absolute atomic E-state index is 12.0. The largest absolute Gasteiger partial charge is 0.394 e. The highest BCUT2D eigenvalue weighted by Crippen LogP contribution is 2.21. The van der Waals surface area contributed by atoms with Gasteiger partial charge in [-0.2, -0.15) is 0 Å². The number of ketones is 1. The molecule has 0 radical (unpaired) electrons. The minimum absolute atomic E-state index is 0.445. The molecule has 0 saturated heterocycles. The van der Waals surface area contributed by atoms with Crippen molar-refractivity contribution in [2.45, 2.75) is 24.4 Å². The summed E-state index contributed by atoms with van der Waals surface area (Å²) in [5.41, 5.74) is -1.01. The summed E-state index contributed by atoms with van der Waals surface area (Å²) in [6.45, 7) is -0.898. The highest BCUT2D eigenvalue weighted by molar-refractivity contribution is 6.03. The van der Waals surface area contributed by atoms with E-state index in [4.69, 9.17) is 10.2 Å². The van der Waals surface area contributed by atoms with E-state index in [0.29, 0.717) is 0 Å². The summed E-state index contributed by atoms with van der Waals surface area (Å²) in [6.07, 6.45) is -8.06. The van der Waals surface area contributed by atoms with Crippen LogP contribution in [0.25, 0.3) is 0 Å². The quantitative estimate of drug-likeness (QED) is 0.224. The lowest BCUT2D eigenvalue weighted by molar-refractivity contribution is -0.385. The number of carbonyl (C=O) groups is 1. The van der Waals surface area contributed by atoms with E-state index >= 15 is 0 Å². The predicted molar refractivity (Wildman–Crippen MR) is 68.5 cm³/mol. The lowest BCUT2D eigenvalue weighted by Gasteiger charge is -2.24. The Labute approximate surface area is 118 Å². The number of nitro groups is 1. The summed E-state index contributed by atoms with van der Waals surface area (Å²) < 4.78 is 0. The molecular formula is C12H15NO8. The van der Waals surface area contributed by atoms with Crippen molar-refractivity contribution < 1.29 is 35.3 Å². The van der Waals surface area contributed by atoms with Gasteiger partial charge in [0.1, 0.15) is 24.4 Å². The number of Topliss-reactive ketones (excluding diaryl/α,β-unsaturated/α-hetero) is 1. The van der Waals surface area contributed by atoms with Crippen molar-refractivity contribution >= 4 is 11.5 Å². The monoisotopic (exact) mass is 301 g/mol. The molecule has 0 aliphatic carbocycles. The lowest BCUT2D eigenvalue weighted by atomic mass is 9.96. The zero-order valence-corrected chi connectivity index (χ0v) is 10.7. The molecule has 9 nitrogen and oxygen atoms in total. The molecule has 0 aliphatic heterocycles. The summed E-state index contributed by atoms with van der Waals surface area (Å²) in [4.78, 5) is 21.9. The predicted octanol–water partition coefficient (Wildman–Crippen LogP) is -1.79. The van der Waals surface area contributed by atoms with Crippen LogP contribution in [-0.4, -0.2) is 67.3 Å². The molecule has 0 aliphatic rings. The second kappa shape index (κ2) is 7.20. The first-order valence-electron chi connectivity index (χ1n) is 5.92. The molecule has 5 N–H and O–H groups in total. The van der Waals surface area contributed by atoms with Crippen molar-refractivity contribution in [3.63, 3.8) is 0 Å². The van der Waals surface area contributed by atoms with E-state index in [1.165, 1.54) is 12.1 Å². The third kappa shape index (κ3) is 3.80. The van der Waals surface area contributed by atoms with Crippen molar-refractivity contribution in [1.29, 1.82) is 0 Å². The van der Waals surface area contributed by atoms with E-state index in [-0.39, 0.29) is 0 Å². The van der Waals surface area contributed by atoms with Gasteiger partial charge < -0.3 is 25.5 Å². The Morgan fingerprint density at radius 1 is 1.14 bits per heavy atom. The van der Waals surface area contributed by atoms with Crippen LogP contribution in [0.4, 0.5) is 5.69 Å². The first-order chi connectivity index (χ1) is 9.81. The topological polar surface area (TPSA) is 161 Å². The summed E-state index contributed by atoms with van der Waals surface area (Å²) in [7, 11) is 0. The smallest absolute Gasteiger partial charge is 0.280 e. The zero-order chi connectivity index (χ0) is 16.2. The van der Waals surface area contributed by atoms with Gasteiger partial charge in [-0.05, 0) is 6.07 Å². The number of benzene rings is 1. The molecule has 0 spiro atoms. The number of nitrogens with zero attached hydrogens (tertiary/aromatic N) is 1. The summed E-state index contributed by atoms with van der Waals surface area (Å²) >= 11 is 0. The average Bonchev–Trinajstić information content (AvgIpc) is 2.50. The average molecular weight is 301 g/mol. The Balaban J connectivity index is 3.01. The van der Waals surface area contributed by atoms with Crippen LogP contribution in [0.1, 0.15) is 10.4 Å². The van der Waals surface area contributed by atoms with Crippen LogP contribution in [0.15, 0.2) is 24.3 Å². The van der Waals surface area contributed by atoms with Crippen molar-refractivity contribution in [3.8, 4) is 0 Å². The van der Waals surface area contributed by atoms with Gasteiger partial charge in [-0.3, -0.25) is 14.9 Å². The Morgan fingerprint density at radius 3 is 2.24 bits per heavy atom. The van der Waals surface area contributed by atoms with Crippen molar-refractivity contribution in [3.05, 3.63) is 39.9 Å². The number of rotatable bonds is 7. The SMILES string of the molecule is O=C(c1ccccc1[N+](=O)[O-])[C@H](O)[C@@H](O)[C@@H](O)[C@H](O)CO. The van der Waals surface area contributed by atoms with E-state index in [1.54, 1.807) is 0 Å². The van der Waals surface area contributed by atoms with Gasteiger partial charge in [0.05, 0.1) is 17.1 Å². The maximum Gasteiger partial charge on any atom is 0.280 e. The Kier molecular flexibility index (Phi) is 5.88. The third-order valence-electron chi connectivity index (χ3n) is 2.89. The summed E-state index contributed by atoms with van der Waals surface area (Å²) in [5.74, 6) is -1.18. The van der Waals surface area contributed by atoms with Gasteiger partial charge in [0.15, 0.2) is 0 Å². The van der Waals surface area contributed by atoms with Crippen molar-refractivity contribution in [1.82, 2.24) is 0 Å². The molecule has 9 heteroatoms.